The molecule has 1 aliphatic rings. The first-order valence-electron chi connectivity index (χ1n) is 13.2. The van der Waals surface area contributed by atoms with Crippen LogP contribution in [0.2, 0.25) is 0 Å². The number of benzene rings is 3. The van der Waals surface area contributed by atoms with E-state index in [9.17, 15) is 13.2 Å². The molecule has 3 nitrogen and oxygen atoms in total. The fourth-order valence-corrected chi connectivity index (χ4v) is 3.59. The van der Waals surface area contributed by atoms with Crippen molar-refractivity contribution in [2.45, 2.75) is 84.6 Å². The van der Waals surface area contributed by atoms with E-state index in [2.05, 4.69) is 62.8 Å². The third-order valence-corrected chi connectivity index (χ3v) is 5.91. The summed E-state index contributed by atoms with van der Waals surface area (Å²) in [7, 11) is 1.68. The molecule has 0 heterocycles. The Morgan fingerprint density at radius 1 is 0.658 bits per heavy atom. The van der Waals surface area contributed by atoms with Crippen LogP contribution in [0.4, 0.5) is 13.2 Å². The van der Waals surface area contributed by atoms with Crippen molar-refractivity contribution in [3.63, 3.8) is 0 Å². The molecule has 0 unspecified atom stereocenters. The molecule has 1 aliphatic carbocycles. The van der Waals surface area contributed by atoms with Gasteiger partial charge in [0.2, 0.25) is 0 Å². The Balaban J connectivity index is 0.000000202. The van der Waals surface area contributed by atoms with Crippen molar-refractivity contribution in [2.75, 3.05) is 7.11 Å². The van der Waals surface area contributed by atoms with E-state index in [4.69, 9.17) is 9.47 Å². The molecule has 4 rings (SSSR count). The van der Waals surface area contributed by atoms with Gasteiger partial charge in [0.1, 0.15) is 17.2 Å². The average Bonchev–Trinajstić information content (AvgIpc) is 3.68. The molecule has 0 N–H and O–H groups in total. The second kappa shape index (κ2) is 14.7. The first kappa shape index (κ1) is 31.1. The molecular weight excluding hydrogens is 489 g/mol. The Labute approximate surface area is 225 Å². The molecule has 0 atom stereocenters. The van der Waals surface area contributed by atoms with Gasteiger partial charge in [0.25, 0.3) is 0 Å². The summed E-state index contributed by atoms with van der Waals surface area (Å²) in [6.45, 7) is 12.4. The number of methoxy groups -OCH3 is 1. The van der Waals surface area contributed by atoms with Crippen molar-refractivity contribution >= 4 is 0 Å². The lowest BCUT2D eigenvalue weighted by molar-refractivity contribution is -0.274. The molecule has 208 valence electrons. The molecule has 3 aromatic carbocycles. The quantitative estimate of drug-likeness (QED) is 0.304. The van der Waals surface area contributed by atoms with Gasteiger partial charge in [0, 0.05) is 0 Å². The van der Waals surface area contributed by atoms with Gasteiger partial charge in [-0.05, 0) is 71.6 Å². The monoisotopic (exact) mass is 530 g/mol. The van der Waals surface area contributed by atoms with Crippen LogP contribution in [0.25, 0.3) is 0 Å². The summed E-state index contributed by atoms with van der Waals surface area (Å²) < 4.78 is 50.6. The SMILES string of the molecule is CC(C)c1ccccc1OC(F)(F)F.CC(C)c1ccccc1OC1CC1.COc1ccc(C(C)C)cc1. The van der Waals surface area contributed by atoms with Gasteiger partial charge in [-0.15, -0.1) is 13.2 Å². The minimum Gasteiger partial charge on any atom is -0.497 e. The first-order chi connectivity index (χ1) is 17.9. The number of hydrogen-bond acceptors (Lipinski definition) is 3. The second-order valence-corrected chi connectivity index (χ2v) is 10.2. The summed E-state index contributed by atoms with van der Waals surface area (Å²) in [6, 6.07) is 22.7. The Bertz CT molecular complexity index is 1090. The van der Waals surface area contributed by atoms with Crippen LogP contribution in [0.3, 0.4) is 0 Å². The third kappa shape index (κ3) is 11.1. The molecular formula is C32H41F3O3. The largest absolute Gasteiger partial charge is 0.573 e. The predicted molar refractivity (Wildman–Crippen MR) is 148 cm³/mol. The number of para-hydroxylation sites is 2. The van der Waals surface area contributed by atoms with Gasteiger partial charge in [-0.2, -0.15) is 0 Å². The number of alkyl halides is 3. The van der Waals surface area contributed by atoms with Gasteiger partial charge in [-0.1, -0.05) is 90.1 Å². The van der Waals surface area contributed by atoms with Gasteiger partial charge < -0.3 is 14.2 Å². The van der Waals surface area contributed by atoms with Crippen molar-refractivity contribution in [1.82, 2.24) is 0 Å². The molecule has 6 heteroatoms. The van der Waals surface area contributed by atoms with E-state index in [1.807, 2.05) is 32.0 Å². The lowest BCUT2D eigenvalue weighted by atomic mass is 10.0. The van der Waals surface area contributed by atoms with Crippen LogP contribution in [-0.4, -0.2) is 19.6 Å². The topological polar surface area (TPSA) is 27.7 Å². The molecule has 0 bridgehead atoms. The molecule has 1 saturated carbocycles. The first-order valence-corrected chi connectivity index (χ1v) is 13.2. The zero-order valence-corrected chi connectivity index (χ0v) is 23.5. The predicted octanol–water partition coefficient (Wildman–Crippen LogP) is 9.88. The van der Waals surface area contributed by atoms with Gasteiger partial charge >= 0.3 is 6.36 Å². The van der Waals surface area contributed by atoms with Crippen LogP contribution in [0.5, 0.6) is 17.2 Å². The minimum atomic E-state index is -4.62. The zero-order valence-electron chi connectivity index (χ0n) is 23.5. The lowest BCUT2D eigenvalue weighted by Gasteiger charge is -2.14. The molecule has 1 fully saturated rings. The standard InChI is InChI=1S/C12H16O.C10H11F3O.C10H14O/c1-9(2)11-5-3-4-6-12(11)13-10-7-8-10;1-7(2)8-5-3-4-6-9(8)14-10(11,12)13;1-8(2)9-4-6-10(11-3)7-5-9/h3-6,9-10H,7-8H2,1-2H3;3-7H,1-2H3;4-8H,1-3H3. The van der Waals surface area contributed by atoms with Crippen LogP contribution in [-0.2, 0) is 0 Å². The van der Waals surface area contributed by atoms with Crippen molar-refractivity contribution < 1.29 is 27.4 Å². The molecule has 0 saturated heterocycles. The fourth-order valence-electron chi connectivity index (χ4n) is 3.59. The van der Waals surface area contributed by atoms with Crippen LogP contribution in [0.1, 0.15) is 88.8 Å². The van der Waals surface area contributed by atoms with E-state index >= 15 is 0 Å². The fraction of sp³-hybridized carbons (Fsp3) is 0.438. The smallest absolute Gasteiger partial charge is 0.497 e. The summed E-state index contributed by atoms with van der Waals surface area (Å²) in [5.74, 6) is 3.05. The van der Waals surface area contributed by atoms with Gasteiger partial charge in [-0.3, -0.25) is 0 Å². The van der Waals surface area contributed by atoms with E-state index in [-0.39, 0.29) is 11.7 Å². The highest BCUT2D eigenvalue weighted by atomic mass is 19.4. The molecule has 0 spiro atoms. The molecule has 0 amide bonds. The van der Waals surface area contributed by atoms with Gasteiger partial charge in [0.15, 0.2) is 0 Å². The summed E-state index contributed by atoms with van der Waals surface area (Å²) in [6.07, 6.45) is -1.66. The minimum absolute atomic E-state index is 0.00792. The maximum atomic E-state index is 12.0. The summed E-state index contributed by atoms with van der Waals surface area (Å²) >= 11 is 0. The maximum absolute atomic E-state index is 12.0. The van der Waals surface area contributed by atoms with E-state index in [1.54, 1.807) is 19.2 Å². The van der Waals surface area contributed by atoms with E-state index in [1.165, 1.54) is 36.1 Å². The summed E-state index contributed by atoms with van der Waals surface area (Å²) in [5, 5.41) is 0. The Hall–Kier alpha value is -3.15. The highest BCUT2D eigenvalue weighted by Crippen LogP contribution is 2.32. The average molecular weight is 531 g/mol. The Morgan fingerprint density at radius 3 is 1.55 bits per heavy atom. The molecule has 0 radical (unpaired) electrons. The van der Waals surface area contributed by atoms with Crippen LogP contribution >= 0.6 is 0 Å². The van der Waals surface area contributed by atoms with E-state index < -0.39 is 6.36 Å². The molecule has 0 aromatic heterocycles. The normalized spacial score (nSPS) is 12.9. The Kier molecular flexibility index (Phi) is 12.0. The Morgan fingerprint density at radius 2 is 1.13 bits per heavy atom. The number of rotatable bonds is 7. The number of hydrogen-bond donors (Lipinski definition) is 0. The van der Waals surface area contributed by atoms with E-state index in [0.29, 0.717) is 23.5 Å². The van der Waals surface area contributed by atoms with Crippen molar-refractivity contribution in [1.29, 1.82) is 0 Å². The van der Waals surface area contributed by atoms with Crippen molar-refractivity contribution in [2.24, 2.45) is 0 Å². The van der Waals surface area contributed by atoms with E-state index in [0.717, 1.165) is 11.5 Å². The van der Waals surface area contributed by atoms with Crippen LogP contribution < -0.4 is 14.2 Å². The maximum Gasteiger partial charge on any atom is 0.573 e. The zero-order chi connectivity index (χ0) is 28.3. The highest BCUT2D eigenvalue weighted by Gasteiger charge is 2.32. The summed E-state index contributed by atoms with van der Waals surface area (Å²) in [5.41, 5.74) is 3.24. The van der Waals surface area contributed by atoms with Crippen molar-refractivity contribution in [3.05, 3.63) is 89.5 Å². The number of halogens is 3. The van der Waals surface area contributed by atoms with Gasteiger partial charge in [-0.25, -0.2) is 0 Å². The molecule has 38 heavy (non-hydrogen) atoms. The third-order valence-electron chi connectivity index (χ3n) is 5.91. The number of ether oxygens (including phenoxy) is 3. The second-order valence-electron chi connectivity index (χ2n) is 10.2. The van der Waals surface area contributed by atoms with Crippen LogP contribution in [0.15, 0.2) is 72.8 Å². The summed E-state index contributed by atoms with van der Waals surface area (Å²) in [4.78, 5) is 0. The van der Waals surface area contributed by atoms with Crippen LogP contribution in [0, 0.1) is 0 Å². The molecule has 3 aromatic rings. The lowest BCUT2D eigenvalue weighted by Crippen LogP contribution is -2.18. The molecule has 0 aliphatic heterocycles. The van der Waals surface area contributed by atoms with Gasteiger partial charge in [0.05, 0.1) is 13.2 Å². The van der Waals surface area contributed by atoms with Crippen molar-refractivity contribution in [3.8, 4) is 17.2 Å². The highest BCUT2D eigenvalue weighted by molar-refractivity contribution is 5.36.